The molecule has 0 saturated heterocycles. The van der Waals surface area contributed by atoms with E-state index in [1.54, 1.807) is 0 Å². The van der Waals surface area contributed by atoms with Crippen molar-refractivity contribution in [2.45, 2.75) is 19.5 Å². The van der Waals surface area contributed by atoms with E-state index in [1.807, 2.05) is 0 Å². The lowest BCUT2D eigenvalue weighted by molar-refractivity contribution is -0.276. The van der Waals surface area contributed by atoms with Gasteiger partial charge in [-0.3, -0.25) is 0 Å². The number of hydrogen-bond acceptors (Lipinski definition) is 5. The first kappa shape index (κ1) is 17.9. The fraction of sp³-hybridized carbons (Fsp3) is 0.455. The number of pyridine rings is 1. The van der Waals surface area contributed by atoms with E-state index in [-0.39, 0.29) is 12.7 Å². The molecule has 0 spiro atoms. The summed E-state index contributed by atoms with van der Waals surface area (Å²) >= 11 is 0. The Hall–Kier alpha value is -2.20. The SMILES string of the molecule is CCOC(=O)c1c(C(F)(F)F)cc(OC(F)(F)F)nc1OC. The van der Waals surface area contributed by atoms with Crippen LogP contribution in [0.4, 0.5) is 26.3 Å². The fourth-order valence-electron chi connectivity index (χ4n) is 1.44. The van der Waals surface area contributed by atoms with Crippen LogP contribution in [0.15, 0.2) is 6.07 Å². The molecular formula is C11H9F6NO4. The average Bonchev–Trinajstić information content (AvgIpc) is 2.34. The number of aromatic nitrogens is 1. The Balaban J connectivity index is 3.51. The second-order valence-corrected chi connectivity index (χ2v) is 3.66. The first-order chi connectivity index (χ1) is 9.99. The Bertz CT molecular complexity index is 555. The minimum Gasteiger partial charge on any atom is -0.480 e. The van der Waals surface area contributed by atoms with Gasteiger partial charge in [0.1, 0.15) is 5.56 Å². The number of carbonyl (C=O) groups excluding carboxylic acids is 1. The van der Waals surface area contributed by atoms with Gasteiger partial charge in [-0.2, -0.15) is 18.2 Å². The van der Waals surface area contributed by atoms with Crippen molar-refractivity contribution in [3.8, 4) is 11.8 Å². The van der Waals surface area contributed by atoms with E-state index in [1.165, 1.54) is 6.92 Å². The maximum absolute atomic E-state index is 13.0. The normalized spacial score (nSPS) is 12.0. The van der Waals surface area contributed by atoms with Gasteiger partial charge >= 0.3 is 18.5 Å². The smallest absolute Gasteiger partial charge is 0.480 e. The van der Waals surface area contributed by atoms with Gasteiger partial charge in [-0.05, 0) is 6.92 Å². The zero-order chi connectivity index (χ0) is 17.1. The molecule has 0 aliphatic rings. The molecule has 0 aliphatic carbocycles. The van der Waals surface area contributed by atoms with E-state index in [2.05, 4.69) is 19.2 Å². The van der Waals surface area contributed by atoms with Crippen LogP contribution < -0.4 is 9.47 Å². The quantitative estimate of drug-likeness (QED) is 0.626. The molecule has 1 rings (SSSR count). The molecule has 0 bridgehead atoms. The zero-order valence-corrected chi connectivity index (χ0v) is 11.1. The predicted molar refractivity (Wildman–Crippen MR) is 58.4 cm³/mol. The molecule has 5 nitrogen and oxygen atoms in total. The van der Waals surface area contributed by atoms with E-state index in [4.69, 9.17) is 0 Å². The molecule has 0 amide bonds. The molecular weight excluding hydrogens is 324 g/mol. The van der Waals surface area contributed by atoms with Crippen LogP contribution in [0.3, 0.4) is 0 Å². The third-order valence-corrected chi connectivity index (χ3v) is 2.16. The van der Waals surface area contributed by atoms with Crippen LogP contribution in [-0.2, 0) is 10.9 Å². The highest BCUT2D eigenvalue weighted by Gasteiger charge is 2.41. The van der Waals surface area contributed by atoms with Gasteiger partial charge < -0.3 is 14.2 Å². The van der Waals surface area contributed by atoms with Crippen molar-refractivity contribution in [1.82, 2.24) is 4.98 Å². The molecule has 124 valence electrons. The summed E-state index contributed by atoms with van der Waals surface area (Å²) in [4.78, 5) is 14.7. The standard InChI is InChI=1S/C11H9F6NO4/c1-3-21-9(19)7-5(10(12,13)14)4-6(18-8(7)20-2)22-11(15,16)17/h4H,3H2,1-2H3. The van der Waals surface area contributed by atoms with E-state index in [9.17, 15) is 31.1 Å². The number of carbonyl (C=O) groups is 1. The molecule has 1 heterocycles. The lowest BCUT2D eigenvalue weighted by atomic mass is 10.1. The number of halogens is 6. The largest absolute Gasteiger partial charge is 0.574 e. The van der Waals surface area contributed by atoms with E-state index in [0.717, 1.165) is 7.11 Å². The summed E-state index contributed by atoms with van der Waals surface area (Å²) in [5.74, 6) is -3.84. The van der Waals surface area contributed by atoms with Crippen molar-refractivity contribution in [3.63, 3.8) is 0 Å². The Morgan fingerprint density at radius 1 is 1.23 bits per heavy atom. The fourth-order valence-corrected chi connectivity index (χ4v) is 1.44. The summed E-state index contributed by atoms with van der Waals surface area (Å²) in [5, 5.41) is 0. The molecule has 0 fully saturated rings. The molecule has 1 aromatic rings. The lowest BCUT2D eigenvalue weighted by Gasteiger charge is -2.16. The van der Waals surface area contributed by atoms with Crippen molar-refractivity contribution in [2.24, 2.45) is 0 Å². The summed E-state index contributed by atoms with van der Waals surface area (Å²) in [6.45, 7) is 1.09. The molecule has 11 heteroatoms. The zero-order valence-electron chi connectivity index (χ0n) is 11.1. The molecule has 0 radical (unpaired) electrons. The first-order valence-electron chi connectivity index (χ1n) is 5.58. The van der Waals surface area contributed by atoms with E-state index >= 15 is 0 Å². The number of esters is 1. The van der Waals surface area contributed by atoms with Crippen LogP contribution in [-0.4, -0.2) is 31.0 Å². The summed E-state index contributed by atoms with van der Waals surface area (Å²) in [6.07, 6.45) is -10.4. The van der Waals surface area contributed by atoms with Crippen LogP contribution in [0.5, 0.6) is 11.8 Å². The molecule has 0 saturated carbocycles. The van der Waals surface area contributed by atoms with Crippen LogP contribution in [0.2, 0.25) is 0 Å². The number of hydrogen-bond donors (Lipinski definition) is 0. The number of rotatable bonds is 4. The van der Waals surface area contributed by atoms with Crippen molar-refractivity contribution < 1.29 is 45.3 Å². The minimum atomic E-state index is -5.26. The van der Waals surface area contributed by atoms with E-state index in [0.29, 0.717) is 0 Å². The first-order valence-corrected chi connectivity index (χ1v) is 5.58. The molecule has 0 atom stereocenters. The van der Waals surface area contributed by atoms with Gasteiger partial charge in [-0.1, -0.05) is 0 Å². The maximum atomic E-state index is 13.0. The number of methoxy groups -OCH3 is 1. The molecule has 0 aromatic carbocycles. The van der Waals surface area contributed by atoms with Crippen LogP contribution in [0.1, 0.15) is 22.8 Å². The van der Waals surface area contributed by atoms with Crippen molar-refractivity contribution >= 4 is 5.97 Å². The summed E-state index contributed by atoms with van der Waals surface area (Å²) in [6, 6.07) is -0.0533. The molecule has 0 unspecified atom stereocenters. The Labute approximate surface area is 119 Å². The molecule has 1 aromatic heterocycles. The third-order valence-electron chi connectivity index (χ3n) is 2.16. The number of nitrogens with zero attached hydrogens (tertiary/aromatic N) is 1. The van der Waals surface area contributed by atoms with Gasteiger partial charge in [0, 0.05) is 6.07 Å². The Morgan fingerprint density at radius 3 is 2.23 bits per heavy atom. The maximum Gasteiger partial charge on any atom is 0.574 e. The van der Waals surface area contributed by atoms with Gasteiger partial charge in [-0.25, -0.2) is 4.79 Å². The van der Waals surface area contributed by atoms with Gasteiger partial charge in [0.05, 0.1) is 19.3 Å². The summed E-state index contributed by atoms with van der Waals surface area (Å²) in [5.41, 5.74) is -2.84. The molecule has 22 heavy (non-hydrogen) atoms. The lowest BCUT2D eigenvalue weighted by Crippen LogP contribution is -2.21. The van der Waals surface area contributed by atoms with Gasteiger partial charge in [0.25, 0.3) is 0 Å². The van der Waals surface area contributed by atoms with Crippen LogP contribution in [0.25, 0.3) is 0 Å². The van der Waals surface area contributed by atoms with Gasteiger partial charge in [0.2, 0.25) is 11.8 Å². The van der Waals surface area contributed by atoms with Crippen molar-refractivity contribution in [3.05, 3.63) is 17.2 Å². The van der Waals surface area contributed by atoms with Crippen LogP contribution in [0, 0.1) is 0 Å². The van der Waals surface area contributed by atoms with Crippen molar-refractivity contribution in [1.29, 1.82) is 0 Å². The molecule has 0 aliphatic heterocycles. The highest BCUT2D eigenvalue weighted by molar-refractivity contribution is 5.94. The number of ether oxygens (including phenoxy) is 3. The second kappa shape index (κ2) is 6.28. The third kappa shape index (κ3) is 4.40. The van der Waals surface area contributed by atoms with Crippen molar-refractivity contribution in [2.75, 3.05) is 13.7 Å². The second-order valence-electron chi connectivity index (χ2n) is 3.66. The molecule has 0 N–H and O–H groups in total. The highest BCUT2D eigenvalue weighted by atomic mass is 19.4. The number of alkyl halides is 6. The highest BCUT2D eigenvalue weighted by Crippen LogP contribution is 2.38. The summed E-state index contributed by atoms with van der Waals surface area (Å²) < 4.78 is 87.4. The Morgan fingerprint density at radius 2 is 1.82 bits per heavy atom. The average molecular weight is 333 g/mol. The summed E-state index contributed by atoms with van der Waals surface area (Å²) in [7, 11) is 0.836. The predicted octanol–water partition coefficient (Wildman–Crippen LogP) is 3.18. The van der Waals surface area contributed by atoms with Gasteiger partial charge in [0.15, 0.2) is 0 Å². The van der Waals surface area contributed by atoms with Gasteiger partial charge in [-0.15, -0.1) is 13.2 Å². The van der Waals surface area contributed by atoms with Crippen LogP contribution >= 0.6 is 0 Å². The Kier molecular flexibility index (Phi) is 5.09. The monoisotopic (exact) mass is 333 g/mol. The topological polar surface area (TPSA) is 57.7 Å². The minimum absolute atomic E-state index is 0.0533. The van der Waals surface area contributed by atoms with E-state index < -0.39 is 41.4 Å².